The summed E-state index contributed by atoms with van der Waals surface area (Å²) in [5, 5.41) is 9.41. The van der Waals surface area contributed by atoms with Crippen molar-refractivity contribution in [2.75, 3.05) is 12.9 Å². The van der Waals surface area contributed by atoms with E-state index in [1.165, 1.54) is 0 Å². The summed E-state index contributed by atoms with van der Waals surface area (Å²) in [4.78, 5) is 10.7. The third kappa shape index (κ3) is 5.72. The van der Waals surface area contributed by atoms with Gasteiger partial charge in [0.15, 0.2) is 5.17 Å². The van der Waals surface area contributed by atoms with E-state index < -0.39 is 6.09 Å². The predicted molar refractivity (Wildman–Crippen MR) is 46.0 cm³/mol. The van der Waals surface area contributed by atoms with Crippen LogP contribution in [0, 0.1) is 5.41 Å². The van der Waals surface area contributed by atoms with E-state index in [0.29, 0.717) is 6.61 Å². The summed E-state index contributed by atoms with van der Waals surface area (Å²) in [7, 11) is 0. The molecular weight excluding hydrogens is 164 g/mol. The molecule has 4 nitrogen and oxygen atoms in total. The van der Waals surface area contributed by atoms with Gasteiger partial charge >= 0.3 is 6.09 Å². The zero-order chi connectivity index (χ0) is 8.69. The lowest BCUT2D eigenvalue weighted by Gasteiger charge is -2.03. The highest BCUT2D eigenvalue weighted by Gasteiger charge is 2.02. The normalized spacial score (nSPS) is 8.91. The Hall–Kier alpha value is -0.710. The molecule has 0 radical (unpaired) electrons. The number of hydrogen-bond acceptors (Lipinski definition) is 4. The van der Waals surface area contributed by atoms with E-state index in [4.69, 9.17) is 5.41 Å². The number of carbonyl (C=O) groups excluding carboxylic acids is 1. The van der Waals surface area contributed by atoms with Gasteiger partial charge < -0.3 is 4.74 Å². The van der Waals surface area contributed by atoms with Crippen LogP contribution >= 0.6 is 11.8 Å². The molecule has 0 spiro atoms. The van der Waals surface area contributed by atoms with Crippen molar-refractivity contribution in [3.63, 3.8) is 0 Å². The summed E-state index contributed by atoms with van der Waals surface area (Å²) in [5.74, 6) is 0. The first-order valence-electron chi connectivity index (χ1n) is 3.27. The van der Waals surface area contributed by atoms with Gasteiger partial charge in [-0.25, -0.2) is 4.79 Å². The fourth-order valence-corrected chi connectivity index (χ4v) is 0.560. The second kappa shape index (κ2) is 6.03. The molecule has 0 unspecified atom stereocenters. The van der Waals surface area contributed by atoms with Crippen LogP contribution < -0.4 is 5.32 Å². The topological polar surface area (TPSA) is 62.2 Å². The first-order valence-corrected chi connectivity index (χ1v) is 4.49. The van der Waals surface area contributed by atoms with E-state index in [1.807, 2.05) is 6.92 Å². The quantitative estimate of drug-likeness (QED) is 0.494. The Kier molecular flexibility index (Phi) is 5.64. The Labute approximate surface area is 70.2 Å². The van der Waals surface area contributed by atoms with Crippen LogP contribution in [0.2, 0.25) is 0 Å². The summed E-state index contributed by atoms with van der Waals surface area (Å²) in [6.07, 6.45) is 1.95. The zero-order valence-corrected chi connectivity index (χ0v) is 7.46. The molecular formula is C6H12N2O2S. The highest BCUT2D eigenvalue weighted by atomic mass is 32.2. The molecule has 0 atom stereocenters. The second-order valence-corrected chi connectivity index (χ2v) is 2.61. The van der Waals surface area contributed by atoms with Gasteiger partial charge in [-0.3, -0.25) is 10.7 Å². The minimum atomic E-state index is -0.550. The van der Waals surface area contributed by atoms with Crippen molar-refractivity contribution < 1.29 is 9.53 Å². The number of rotatable bonds is 2. The summed E-state index contributed by atoms with van der Waals surface area (Å²) in [5.41, 5.74) is 0. The molecule has 0 heterocycles. The van der Waals surface area contributed by atoms with E-state index in [9.17, 15) is 4.79 Å². The summed E-state index contributed by atoms with van der Waals surface area (Å²) in [6.45, 7) is 2.31. The third-order valence-electron chi connectivity index (χ3n) is 0.857. The molecule has 0 rings (SSSR count). The van der Waals surface area contributed by atoms with Crippen molar-refractivity contribution in [2.24, 2.45) is 0 Å². The summed E-state index contributed by atoms with van der Waals surface area (Å²) < 4.78 is 4.66. The molecule has 0 fully saturated rings. The van der Waals surface area contributed by atoms with Crippen molar-refractivity contribution in [2.45, 2.75) is 13.3 Å². The van der Waals surface area contributed by atoms with E-state index in [0.717, 1.165) is 18.2 Å². The lowest BCUT2D eigenvalue weighted by molar-refractivity contribution is 0.152. The lowest BCUT2D eigenvalue weighted by Crippen LogP contribution is -2.28. The Morgan fingerprint density at radius 2 is 2.36 bits per heavy atom. The van der Waals surface area contributed by atoms with E-state index >= 15 is 0 Å². The standard InChI is InChI=1S/C6H12N2O2S/c1-3-4-10-6(9)8-5(7)11-2/h3-4H2,1-2H3,(H2,7,8,9). The Morgan fingerprint density at radius 1 is 1.73 bits per heavy atom. The van der Waals surface area contributed by atoms with Gasteiger partial charge in [0.05, 0.1) is 6.61 Å². The van der Waals surface area contributed by atoms with Gasteiger partial charge in [0.25, 0.3) is 0 Å². The number of carbonyl (C=O) groups is 1. The molecule has 0 aliphatic rings. The van der Waals surface area contributed by atoms with Crippen molar-refractivity contribution in [3.8, 4) is 0 Å². The van der Waals surface area contributed by atoms with Crippen LogP contribution in [-0.2, 0) is 4.74 Å². The molecule has 0 aromatic carbocycles. The highest BCUT2D eigenvalue weighted by molar-refractivity contribution is 8.13. The Bertz CT molecular complexity index is 150. The van der Waals surface area contributed by atoms with E-state index in [1.54, 1.807) is 6.26 Å². The lowest BCUT2D eigenvalue weighted by atomic mass is 10.5. The molecule has 0 aliphatic heterocycles. The van der Waals surface area contributed by atoms with Gasteiger partial charge in [-0.05, 0) is 12.7 Å². The van der Waals surface area contributed by atoms with Crippen molar-refractivity contribution >= 4 is 23.0 Å². The molecule has 64 valence electrons. The third-order valence-corrected chi connectivity index (χ3v) is 1.37. The first-order chi connectivity index (χ1) is 5.20. The van der Waals surface area contributed by atoms with Crippen LogP contribution in [0.3, 0.4) is 0 Å². The highest BCUT2D eigenvalue weighted by Crippen LogP contribution is 1.91. The SMILES string of the molecule is CCCOC(=O)NC(=N)SC. The summed E-state index contributed by atoms with van der Waals surface area (Å²) in [6, 6.07) is 0. The predicted octanol–water partition coefficient (Wildman–Crippen LogP) is 1.42. The number of ether oxygens (including phenoxy) is 1. The molecule has 0 aliphatic carbocycles. The molecule has 0 aromatic heterocycles. The van der Waals surface area contributed by atoms with Gasteiger partial charge in [0.1, 0.15) is 0 Å². The van der Waals surface area contributed by atoms with Crippen LogP contribution in [0.1, 0.15) is 13.3 Å². The van der Waals surface area contributed by atoms with Crippen LogP contribution in [-0.4, -0.2) is 24.1 Å². The molecule has 11 heavy (non-hydrogen) atoms. The minimum absolute atomic E-state index is 0.103. The van der Waals surface area contributed by atoms with E-state index in [2.05, 4.69) is 10.1 Å². The fourth-order valence-electron chi connectivity index (χ4n) is 0.375. The average molecular weight is 176 g/mol. The zero-order valence-electron chi connectivity index (χ0n) is 6.64. The van der Waals surface area contributed by atoms with Gasteiger partial charge in [-0.2, -0.15) is 0 Å². The van der Waals surface area contributed by atoms with Crippen LogP contribution in [0.15, 0.2) is 0 Å². The fraction of sp³-hybridized carbons (Fsp3) is 0.667. The van der Waals surface area contributed by atoms with Gasteiger partial charge in [0.2, 0.25) is 0 Å². The molecule has 0 bridgehead atoms. The van der Waals surface area contributed by atoms with Crippen LogP contribution in [0.4, 0.5) is 4.79 Å². The average Bonchev–Trinajstić information content (AvgIpc) is 2.00. The van der Waals surface area contributed by atoms with Crippen LogP contribution in [0.25, 0.3) is 0 Å². The van der Waals surface area contributed by atoms with E-state index in [-0.39, 0.29) is 5.17 Å². The minimum Gasteiger partial charge on any atom is -0.449 e. The smallest absolute Gasteiger partial charge is 0.413 e. The van der Waals surface area contributed by atoms with Crippen molar-refractivity contribution in [3.05, 3.63) is 0 Å². The maximum Gasteiger partial charge on any atom is 0.413 e. The molecule has 5 heteroatoms. The number of amides is 1. The van der Waals surface area contributed by atoms with Gasteiger partial charge in [-0.1, -0.05) is 18.7 Å². The number of amidine groups is 1. The Morgan fingerprint density at radius 3 is 2.82 bits per heavy atom. The second-order valence-electron chi connectivity index (χ2n) is 1.79. The first kappa shape index (κ1) is 10.3. The molecule has 1 amide bonds. The molecule has 0 saturated heterocycles. The van der Waals surface area contributed by atoms with Crippen molar-refractivity contribution in [1.29, 1.82) is 5.41 Å². The van der Waals surface area contributed by atoms with Crippen molar-refractivity contribution in [1.82, 2.24) is 5.32 Å². The monoisotopic (exact) mass is 176 g/mol. The largest absolute Gasteiger partial charge is 0.449 e. The van der Waals surface area contributed by atoms with Gasteiger partial charge in [-0.15, -0.1) is 0 Å². The maximum absolute atomic E-state index is 10.7. The number of hydrogen-bond donors (Lipinski definition) is 2. The number of alkyl carbamates (subject to hydrolysis) is 1. The number of thioether (sulfide) groups is 1. The maximum atomic E-state index is 10.7. The number of nitrogens with one attached hydrogen (secondary N) is 2. The molecule has 0 saturated carbocycles. The Balaban J connectivity index is 3.44. The molecule has 2 N–H and O–H groups in total. The van der Waals surface area contributed by atoms with Gasteiger partial charge in [0, 0.05) is 0 Å². The van der Waals surface area contributed by atoms with Crippen LogP contribution in [0.5, 0.6) is 0 Å². The molecule has 0 aromatic rings. The summed E-state index contributed by atoms with van der Waals surface area (Å²) >= 11 is 1.16.